The molecule has 0 saturated carbocycles. The van der Waals surface area contributed by atoms with Crippen molar-refractivity contribution in [2.75, 3.05) is 0 Å². The Labute approximate surface area is 176 Å². The molecule has 1 atom stereocenters. The molecule has 0 aromatic heterocycles. The molecule has 0 amide bonds. The molecule has 1 aliphatic carbocycles. The van der Waals surface area contributed by atoms with Gasteiger partial charge in [-0.15, -0.1) is 0 Å². The van der Waals surface area contributed by atoms with Crippen LogP contribution in [0.15, 0.2) is 48.4 Å². The molecule has 0 nitrogen and oxygen atoms in total. The largest absolute Gasteiger partial charge is 0.0984 e. The van der Waals surface area contributed by atoms with E-state index in [0.29, 0.717) is 5.92 Å². The molecule has 0 N–H and O–H groups in total. The van der Waals surface area contributed by atoms with E-state index in [9.17, 15) is 0 Å². The van der Waals surface area contributed by atoms with Gasteiger partial charge in [-0.2, -0.15) is 0 Å². The maximum Gasteiger partial charge on any atom is 0.0162 e. The van der Waals surface area contributed by atoms with E-state index < -0.39 is 0 Å². The van der Waals surface area contributed by atoms with Crippen molar-refractivity contribution in [1.82, 2.24) is 0 Å². The summed E-state index contributed by atoms with van der Waals surface area (Å²) in [6, 6.07) is 11.5. The van der Waals surface area contributed by atoms with Gasteiger partial charge in [0.25, 0.3) is 0 Å². The first-order valence-electron chi connectivity index (χ1n) is 9.35. The van der Waals surface area contributed by atoms with Gasteiger partial charge in [0.15, 0.2) is 0 Å². The Hall–Kier alpha value is -1.00. The van der Waals surface area contributed by atoms with E-state index in [-0.39, 0.29) is 0 Å². The molecule has 0 bridgehead atoms. The lowest BCUT2D eigenvalue weighted by Gasteiger charge is -2.23. The van der Waals surface area contributed by atoms with Crippen molar-refractivity contribution in [3.8, 4) is 0 Å². The predicted molar refractivity (Wildman–Crippen MR) is 126 cm³/mol. The lowest BCUT2D eigenvalue weighted by Crippen LogP contribution is -2.07. The molecule has 26 heavy (non-hydrogen) atoms. The quantitative estimate of drug-likeness (QED) is 0.399. The van der Waals surface area contributed by atoms with Crippen LogP contribution in [-0.4, -0.2) is 0 Å². The van der Waals surface area contributed by atoms with Gasteiger partial charge in [0.05, 0.1) is 0 Å². The number of hydrogen-bond acceptors (Lipinski definition) is 1. The van der Waals surface area contributed by atoms with Crippen LogP contribution < -0.4 is 0 Å². The Balaban J connectivity index is 1.63. The summed E-state index contributed by atoms with van der Waals surface area (Å²) < 4.78 is 1.34. The molecule has 0 radical (unpaired) electrons. The Morgan fingerprint density at radius 2 is 2.04 bits per heavy atom. The number of halogens is 1. The van der Waals surface area contributed by atoms with Gasteiger partial charge >= 0.3 is 0 Å². The smallest absolute Gasteiger partial charge is 0.0162 e. The Morgan fingerprint density at radius 1 is 1.23 bits per heavy atom. The van der Waals surface area contributed by atoms with E-state index in [1.54, 1.807) is 11.8 Å². The number of aryl methyl sites for hydroxylation is 3. The first-order chi connectivity index (χ1) is 12.5. The number of hydrogen-bond donors (Lipinski definition) is 0. The van der Waals surface area contributed by atoms with Crippen LogP contribution in [0.2, 0.25) is 0 Å². The molecule has 1 unspecified atom stereocenters. The number of rotatable bonds is 5. The molecule has 0 spiro atoms. The zero-order chi connectivity index (χ0) is 18.7. The minimum atomic E-state index is 0.680. The zero-order valence-electron chi connectivity index (χ0n) is 15.9. The van der Waals surface area contributed by atoms with Gasteiger partial charge in [0, 0.05) is 8.48 Å². The Morgan fingerprint density at radius 3 is 2.85 bits per heavy atom. The Bertz CT molecular complexity index is 848. The van der Waals surface area contributed by atoms with Gasteiger partial charge in [-0.25, -0.2) is 0 Å². The van der Waals surface area contributed by atoms with Crippen molar-refractivity contribution in [2.45, 2.75) is 52.4 Å². The summed E-state index contributed by atoms with van der Waals surface area (Å²) in [7, 11) is 0. The van der Waals surface area contributed by atoms with Crippen LogP contribution in [-0.2, 0) is 12.8 Å². The molecule has 0 heterocycles. The summed E-state index contributed by atoms with van der Waals surface area (Å²) in [5.74, 6) is 0.680. The van der Waals surface area contributed by atoms with Crippen molar-refractivity contribution >= 4 is 39.3 Å². The highest BCUT2D eigenvalue weighted by Gasteiger charge is 2.16. The molecule has 136 valence electrons. The molecule has 2 heteroatoms. The fourth-order valence-corrected chi connectivity index (χ4v) is 4.89. The van der Waals surface area contributed by atoms with Crippen LogP contribution in [0.1, 0.15) is 59.1 Å². The maximum absolute atomic E-state index is 4.30. The molecule has 3 rings (SSSR count). The summed E-state index contributed by atoms with van der Waals surface area (Å²) in [6.45, 7) is 11.0. The monoisotopic (exact) mass is 474 g/mol. The average Bonchev–Trinajstić information content (AvgIpc) is 2.62. The highest BCUT2D eigenvalue weighted by Crippen LogP contribution is 2.35. The van der Waals surface area contributed by atoms with Crippen molar-refractivity contribution in [3.63, 3.8) is 0 Å². The summed E-state index contributed by atoms with van der Waals surface area (Å²) >= 11 is 4.15. The summed E-state index contributed by atoms with van der Waals surface area (Å²) in [6.07, 6.45) is 7.10. The number of allylic oxidation sites excluding steroid dienone is 1. The molecule has 1 aliphatic rings. The van der Waals surface area contributed by atoms with E-state index in [1.165, 1.54) is 56.2 Å². The van der Waals surface area contributed by atoms with Crippen LogP contribution in [0.25, 0.3) is 4.91 Å². The number of thioether (sulfide) groups is 1. The SMILES string of the molecule is C=C(S/C=C/Cc1cc(C)c(I)cc1C)c1ccc2c(c1)C(C)CCC2. The molecule has 0 aliphatic heterocycles. The maximum atomic E-state index is 4.30. The third-order valence-electron chi connectivity index (χ3n) is 5.34. The third-order valence-corrected chi connectivity index (χ3v) is 7.35. The van der Waals surface area contributed by atoms with Crippen molar-refractivity contribution in [2.24, 2.45) is 0 Å². The summed E-state index contributed by atoms with van der Waals surface area (Å²) in [5.41, 5.74) is 8.48. The van der Waals surface area contributed by atoms with E-state index >= 15 is 0 Å². The minimum absolute atomic E-state index is 0.680. The van der Waals surface area contributed by atoms with Gasteiger partial charge in [-0.3, -0.25) is 0 Å². The molecular weight excluding hydrogens is 447 g/mol. The van der Waals surface area contributed by atoms with Crippen molar-refractivity contribution in [3.05, 3.63) is 85.3 Å². The summed E-state index contributed by atoms with van der Waals surface area (Å²) in [5, 5.41) is 2.19. The number of fused-ring (bicyclic) bond motifs is 1. The van der Waals surface area contributed by atoms with Crippen LogP contribution in [0, 0.1) is 17.4 Å². The molecule has 0 saturated heterocycles. The number of benzene rings is 2. The van der Waals surface area contributed by atoms with Crippen molar-refractivity contribution in [1.29, 1.82) is 0 Å². The molecule has 2 aromatic rings. The minimum Gasteiger partial charge on any atom is -0.0984 e. The van der Waals surface area contributed by atoms with Gasteiger partial charge in [0.1, 0.15) is 0 Å². The van der Waals surface area contributed by atoms with Crippen LogP contribution >= 0.6 is 34.4 Å². The standard InChI is InChI=1S/C24H27IS/c1-16-7-5-8-20-10-11-22(15-23(16)20)19(4)26-12-6-9-21-13-18(3)24(25)14-17(21)2/h6,10-16H,4-5,7-9H2,1-3H3/b12-6+. The van der Waals surface area contributed by atoms with Crippen LogP contribution in [0.3, 0.4) is 0 Å². The first-order valence-corrected chi connectivity index (χ1v) is 11.3. The second-order valence-corrected chi connectivity index (χ2v) is 9.51. The van der Waals surface area contributed by atoms with Gasteiger partial charge in [0.2, 0.25) is 0 Å². The van der Waals surface area contributed by atoms with Gasteiger partial charge in [-0.1, -0.05) is 55.6 Å². The van der Waals surface area contributed by atoms with E-state index in [4.69, 9.17) is 0 Å². The Kier molecular flexibility index (Phi) is 6.68. The summed E-state index contributed by atoms with van der Waals surface area (Å²) in [4.78, 5) is 1.14. The average molecular weight is 474 g/mol. The lowest BCUT2D eigenvalue weighted by molar-refractivity contribution is 0.590. The molecule has 0 fully saturated rings. The normalized spacial score (nSPS) is 16.7. The van der Waals surface area contributed by atoms with Crippen LogP contribution in [0.5, 0.6) is 0 Å². The van der Waals surface area contributed by atoms with Crippen LogP contribution in [0.4, 0.5) is 0 Å². The highest BCUT2D eigenvalue weighted by atomic mass is 127. The molecule has 2 aromatic carbocycles. The third kappa shape index (κ3) is 4.64. The first kappa shape index (κ1) is 19.8. The second kappa shape index (κ2) is 8.79. The fraction of sp³-hybridized carbons (Fsp3) is 0.333. The van der Waals surface area contributed by atoms with Crippen molar-refractivity contribution < 1.29 is 0 Å². The van der Waals surface area contributed by atoms with E-state index in [0.717, 1.165) is 11.3 Å². The lowest BCUT2D eigenvalue weighted by atomic mass is 9.83. The van der Waals surface area contributed by atoms with Gasteiger partial charge in [-0.05, 0) is 113 Å². The van der Waals surface area contributed by atoms with Gasteiger partial charge < -0.3 is 0 Å². The second-order valence-electron chi connectivity index (χ2n) is 7.35. The van der Waals surface area contributed by atoms with E-state index in [2.05, 4.69) is 91.8 Å². The van der Waals surface area contributed by atoms with E-state index in [1.807, 2.05) is 0 Å². The topological polar surface area (TPSA) is 0 Å². The molecular formula is C24H27IS. The fourth-order valence-electron chi connectivity index (χ4n) is 3.64. The zero-order valence-corrected chi connectivity index (χ0v) is 18.9. The predicted octanol–water partition coefficient (Wildman–Crippen LogP) is 7.81. The highest BCUT2D eigenvalue weighted by molar-refractivity contribution is 14.1.